The predicted octanol–water partition coefficient (Wildman–Crippen LogP) is 2.98. The highest BCUT2D eigenvalue weighted by molar-refractivity contribution is 7.89. The summed E-state index contributed by atoms with van der Waals surface area (Å²) in [5.41, 5.74) is 1.07. The van der Waals surface area contributed by atoms with Crippen molar-refractivity contribution < 1.29 is 26.4 Å². The molecular formula is C18H18F3N5O3S. The van der Waals surface area contributed by atoms with Gasteiger partial charge < -0.3 is 5.32 Å². The molecule has 0 atom stereocenters. The van der Waals surface area contributed by atoms with E-state index >= 15 is 0 Å². The number of carbonyl (C=O) groups is 1. The number of carbonyl (C=O) groups excluding carboxylic acids is 1. The zero-order valence-corrected chi connectivity index (χ0v) is 16.6. The highest BCUT2D eigenvalue weighted by Crippen LogP contribution is 2.22. The first-order chi connectivity index (χ1) is 14.1. The first kappa shape index (κ1) is 21.7. The van der Waals surface area contributed by atoms with Crippen molar-refractivity contribution in [2.24, 2.45) is 0 Å². The summed E-state index contributed by atoms with van der Waals surface area (Å²) in [5.74, 6) is -2.45. The fourth-order valence-corrected chi connectivity index (χ4v) is 3.69. The zero-order chi connectivity index (χ0) is 21.9. The molecule has 2 aromatic heterocycles. The number of alkyl halides is 3. The third-order valence-electron chi connectivity index (χ3n) is 4.08. The molecule has 0 aliphatic carbocycles. The van der Waals surface area contributed by atoms with Crippen molar-refractivity contribution in [3.63, 3.8) is 0 Å². The lowest BCUT2D eigenvalue weighted by atomic mass is 10.1. The standard InChI is InChI=1S/C18H18F3N5O3S/c1-2-3-9-22-30(28,29)13-6-4-5-12(10-13)14-7-8-16-23-15(11-26(16)25-14)24-17(27)18(19,20)21/h4-8,10-11,22H,2-3,9H2,1H3,(H,24,27). The van der Waals surface area contributed by atoms with Gasteiger partial charge in [0.15, 0.2) is 11.5 Å². The van der Waals surface area contributed by atoms with E-state index in [1.165, 1.54) is 22.7 Å². The van der Waals surface area contributed by atoms with E-state index in [1.807, 2.05) is 6.92 Å². The van der Waals surface area contributed by atoms with Gasteiger partial charge in [0.05, 0.1) is 16.8 Å². The van der Waals surface area contributed by atoms with Crippen LogP contribution in [0.5, 0.6) is 0 Å². The van der Waals surface area contributed by atoms with Crippen molar-refractivity contribution in [1.29, 1.82) is 0 Å². The molecule has 0 aliphatic rings. The average molecular weight is 441 g/mol. The Morgan fingerprint density at radius 3 is 2.67 bits per heavy atom. The van der Waals surface area contributed by atoms with Crippen molar-refractivity contribution in [3.05, 3.63) is 42.6 Å². The summed E-state index contributed by atoms with van der Waals surface area (Å²) in [6.45, 7) is 2.28. The van der Waals surface area contributed by atoms with Crippen LogP contribution >= 0.6 is 0 Å². The second-order valence-corrected chi connectivity index (χ2v) is 8.15. The Kier molecular flexibility index (Phi) is 6.08. The minimum absolute atomic E-state index is 0.0711. The normalized spacial score (nSPS) is 12.3. The van der Waals surface area contributed by atoms with Gasteiger partial charge in [-0.15, -0.1) is 0 Å². The third-order valence-corrected chi connectivity index (χ3v) is 5.54. The van der Waals surface area contributed by atoms with E-state index in [9.17, 15) is 26.4 Å². The Bertz CT molecular complexity index is 1180. The molecule has 0 spiro atoms. The van der Waals surface area contributed by atoms with Crippen molar-refractivity contribution in [2.45, 2.75) is 30.8 Å². The maximum Gasteiger partial charge on any atom is 0.471 e. The van der Waals surface area contributed by atoms with Crippen LogP contribution in [0.3, 0.4) is 0 Å². The number of halogens is 3. The molecule has 2 N–H and O–H groups in total. The molecule has 30 heavy (non-hydrogen) atoms. The second-order valence-electron chi connectivity index (χ2n) is 6.38. The van der Waals surface area contributed by atoms with Crippen LogP contribution in [0, 0.1) is 0 Å². The minimum atomic E-state index is -5.04. The van der Waals surface area contributed by atoms with Gasteiger partial charge in [-0.3, -0.25) is 4.79 Å². The lowest BCUT2D eigenvalue weighted by Gasteiger charge is -2.08. The van der Waals surface area contributed by atoms with E-state index in [4.69, 9.17) is 0 Å². The lowest BCUT2D eigenvalue weighted by molar-refractivity contribution is -0.167. The predicted molar refractivity (Wildman–Crippen MR) is 103 cm³/mol. The van der Waals surface area contributed by atoms with E-state index < -0.39 is 22.1 Å². The third kappa shape index (κ3) is 4.94. The Labute approximate surface area is 170 Å². The summed E-state index contributed by atoms with van der Waals surface area (Å²) >= 11 is 0. The number of benzene rings is 1. The van der Waals surface area contributed by atoms with Gasteiger partial charge in [-0.25, -0.2) is 22.6 Å². The number of nitrogens with zero attached hydrogens (tertiary/aromatic N) is 3. The van der Waals surface area contributed by atoms with Crippen LogP contribution in [0.25, 0.3) is 16.9 Å². The summed E-state index contributed by atoms with van der Waals surface area (Å²) in [6, 6.07) is 9.17. The van der Waals surface area contributed by atoms with E-state index in [0.717, 1.165) is 12.6 Å². The number of hydrogen-bond acceptors (Lipinski definition) is 5. The summed E-state index contributed by atoms with van der Waals surface area (Å²) < 4.78 is 65.7. The highest BCUT2D eigenvalue weighted by atomic mass is 32.2. The Morgan fingerprint density at radius 2 is 1.97 bits per heavy atom. The van der Waals surface area contributed by atoms with E-state index in [2.05, 4.69) is 14.8 Å². The summed E-state index contributed by atoms with van der Waals surface area (Å²) in [5, 5.41) is 5.90. The summed E-state index contributed by atoms with van der Waals surface area (Å²) in [7, 11) is -3.68. The van der Waals surface area contributed by atoms with Crippen LogP contribution in [0.2, 0.25) is 0 Å². The maximum atomic E-state index is 12.4. The molecule has 3 rings (SSSR count). The molecule has 0 saturated carbocycles. The van der Waals surface area contributed by atoms with Gasteiger partial charge in [0.1, 0.15) is 0 Å². The maximum absolute atomic E-state index is 12.4. The Morgan fingerprint density at radius 1 is 1.20 bits per heavy atom. The quantitative estimate of drug-likeness (QED) is 0.549. The number of sulfonamides is 1. The second kappa shape index (κ2) is 8.40. The SMILES string of the molecule is CCCCNS(=O)(=O)c1cccc(-c2ccc3nc(NC(=O)C(F)(F)F)cn3n2)c1. The molecule has 2 heterocycles. The number of nitrogens with one attached hydrogen (secondary N) is 2. The molecule has 1 amide bonds. The van der Waals surface area contributed by atoms with E-state index in [0.29, 0.717) is 24.2 Å². The van der Waals surface area contributed by atoms with Crippen LogP contribution in [0.1, 0.15) is 19.8 Å². The Balaban J connectivity index is 1.87. The van der Waals surface area contributed by atoms with Gasteiger partial charge in [0.25, 0.3) is 0 Å². The number of anilines is 1. The van der Waals surface area contributed by atoms with Gasteiger partial charge in [0, 0.05) is 12.1 Å². The molecule has 1 aromatic carbocycles. The van der Waals surface area contributed by atoms with Gasteiger partial charge >= 0.3 is 12.1 Å². The van der Waals surface area contributed by atoms with Crippen LogP contribution < -0.4 is 10.0 Å². The molecule has 12 heteroatoms. The van der Waals surface area contributed by atoms with E-state index in [1.54, 1.807) is 23.5 Å². The Hall–Kier alpha value is -2.99. The number of imidazole rings is 1. The van der Waals surface area contributed by atoms with Gasteiger partial charge in [-0.05, 0) is 30.7 Å². The molecule has 8 nitrogen and oxygen atoms in total. The number of unbranched alkanes of at least 4 members (excludes halogenated alkanes) is 1. The topological polar surface area (TPSA) is 105 Å². The number of rotatable bonds is 7. The van der Waals surface area contributed by atoms with Crippen LogP contribution in [0.4, 0.5) is 19.0 Å². The molecule has 0 fully saturated rings. The lowest BCUT2D eigenvalue weighted by Crippen LogP contribution is -2.30. The highest BCUT2D eigenvalue weighted by Gasteiger charge is 2.39. The van der Waals surface area contributed by atoms with Gasteiger partial charge in [0.2, 0.25) is 10.0 Å². The molecule has 160 valence electrons. The van der Waals surface area contributed by atoms with Crippen LogP contribution in [-0.2, 0) is 14.8 Å². The van der Waals surface area contributed by atoms with Gasteiger partial charge in [-0.1, -0.05) is 25.5 Å². The molecule has 0 radical (unpaired) electrons. The molecule has 3 aromatic rings. The molecule has 0 aliphatic heterocycles. The summed E-state index contributed by atoms with van der Waals surface area (Å²) in [4.78, 5) is 15.0. The van der Waals surface area contributed by atoms with Gasteiger partial charge in [-0.2, -0.15) is 18.3 Å². The first-order valence-corrected chi connectivity index (χ1v) is 10.4. The van der Waals surface area contributed by atoms with Crippen molar-refractivity contribution in [2.75, 3.05) is 11.9 Å². The average Bonchev–Trinajstić information content (AvgIpc) is 3.09. The van der Waals surface area contributed by atoms with Crippen molar-refractivity contribution in [3.8, 4) is 11.3 Å². The number of hydrogen-bond donors (Lipinski definition) is 2. The van der Waals surface area contributed by atoms with Crippen molar-refractivity contribution >= 4 is 27.4 Å². The number of aromatic nitrogens is 3. The van der Waals surface area contributed by atoms with E-state index in [-0.39, 0.29) is 16.4 Å². The first-order valence-electron chi connectivity index (χ1n) is 8.95. The molecule has 0 saturated heterocycles. The monoisotopic (exact) mass is 441 g/mol. The number of amides is 1. The summed E-state index contributed by atoms with van der Waals surface area (Å²) in [6.07, 6.45) is -2.34. The van der Waals surface area contributed by atoms with Crippen molar-refractivity contribution in [1.82, 2.24) is 19.3 Å². The molecule has 0 unspecified atom stereocenters. The minimum Gasteiger partial charge on any atom is -0.301 e. The zero-order valence-electron chi connectivity index (χ0n) is 15.8. The number of fused-ring (bicyclic) bond motifs is 1. The van der Waals surface area contributed by atoms with Crippen LogP contribution in [-0.4, -0.2) is 41.6 Å². The smallest absolute Gasteiger partial charge is 0.301 e. The van der Waals surface area contributed by atoms with Crippen LogP contribution in [0.15, 0.2) is 47.5 Å². The largest absolute Gasteiger partial charge is 0.471 e. The molecular weight excluding hydrogens is 423 g/mol. The molecule has 0 bridgehead atoms. The fraction of sp³-hybridized carbons (Fsp3) is 0.278. The fourth-order valence-electron chi connectivity index (χ4n) is 2.57.